The SMILES string of the molecule is CN=C(NCc1csc(-c2ccccc2)n1)NCC1(CCO)CCOC1. The van der Waals surface area contributed by atoms with Crippen LogP contribution in [0.4, 0.5) is 0 Å². The zero-order chi connectivity index (χ0) is 18.2. The van der Waals surface area contributed by atoms with Crippen molar-refractivity contribution in [2.45, 2.75) is 19.4 Å². The van der Waals surface area contributed by atoms with Crippen molar-refractivity contribution in [1.82, 2.24) is 15.6 Å². The van der Waals surface area contributed by atoms with Gasteiger partial charge >= 0.3 is 0 Å². The minimum Gasteiger partial charge on any atom is -0.396 e. The second kappa shape index (κ2) is 9.12. The zero-order valence-corrected chi connectivity index (χ0v) is 15.9. The second-order valence-corrected chi connectivity index (χ2v) is 7.42. The summed E-state index contributed by atoms with van der Waals surface area (Å²) < 4.78 is 5.53. The fraction of sp³-hybridized carbons (Fsp3) is 0.474. The molecule has 1 atom stereocenters. The predicted molar refractivity (Wildman–Crippen MR) is 105 cm³/mol. The van der Waals surface area contributed by atoms with E-state index in [9.17, 15) is 5.11 Å². The Morgan fingerprint density at radius 2 is 2.19 bits per heavy atom. The first-order chi connectivity index (χ1) is 12.7. The largest absolute Gasteiger partial charge is 0.396 e. The lowest BCUT2D eigenvalue weighted by molar-refractivity contribution is 0.127. The number of hydrogen-bond acceptors (Lipinski definition) is 5. The van der Waals surface area contributed by atoms with Crippen molar-refractivity contribution in [2.75, 3.05) is 33.4 Å². The Kier molecular flexibility index (Phi) is 6.60. The monoisotopic (exact) mass is 374 g/mol. The number of aliphatic imine (C=N–C) groups is 1. The number of ether oxygens (including phenoxy) is 1. The van der Waals surface area contributed by atoms with E-state index in [-0.39, 0.29) is 12.0 Å². The van der Waals surface area contributed by atoms with Gasteiger partial charge in [0.25, 0.3) is 0 Å². The van der Waals surface area contributed by atoms with Crippen LogP contribution in [0.3, 0.4) is 0 Å². The molecule has 7 heteroatoms. The average molecular weight is 375 g/mol. The number of guanidine groups is 1. The van der Waals surface area contributed by atoms with E-state index in [2.05, 4.69) is 38.1 Å². The number of aromatic nitrogens is 1. The smallest absolute Gasteiger partial charge is 0.191 e. The molecule has 1 unspecified atom stereocenters. The number of aliphatic hydroxyl groups excluding tert-OH is 1. The lowest BCUT2D eigenvalue weighted by Gasteiger charge is -2.27. The number of nitrogens with zero attached hydrogens (tertiary/aromatic N) is 2. The second-order valence-electron chi connectivity index (χ2n) is 6.57. The van der Waals surface area contributed by atoms with Crippen LogP contribution >= 0.6 is 11.3 Å². The highest BCUT2D eigenvalue weighted by molar-refractivity contribution is 7.13. The maximum Gasteiger partial charge on any atom is 0.191 e. The van der Waals surface area contributed by atoms with Crippen molar-refractivity contribution in [3.05, 3.63) is 41.4 Å². The molecule has 1 aromatic heterocycles. The van der Waals surface area contributed by atoms with E-state index in [1.54, 1.807) is 18.4 Å². The fourth-order valence-electron chi connectivity index (χ4n) is 3.08. The Bertz CT molecular complexity index is 711. The van der Waals surface area contributed by atoms with Crippen LogP contribution < -0.4 is 10.6 Å². The van der Waals surface area contributed by atoms with E-state index in [1.807, 2.05) is 18.2 Å². The summed E-state index contributed by atoms with van der Waals surface area (Å²) in [4.78, 5) is 8.97. The lowest BCUT2D eigenvalue weighted by Crippen LogP contribution is -2.44. The van der Waals surface area contributed by atoms with E-state index in [1.165, 1.54) is 0 Å². The summed E-state index contributed by atoms with van der Waals surface area (Å²) in [5, 5.41) is 19.1. The van der Waals surface area contributed by atoms with Gasteiger partial charge in [0.2, 0.25) is 0 Å². The number of rotatable bonds is 7. The molecule has 0 radical (unpaired) electrons. The molecule has 0 spiro atoms. The van der Waals surface area contributed by atoms with Gasteiger partial charge in [-0.05, 0) is 12.8 Å². The van der Waals surface area contributed by atoms with E-state index in [4.69, 9.17) is 4.74 Å². The quantitative estimate of drug-likeness (QED) is 0.512. The van der Waals surface area contributed by atoms with Crippen molar-refractivity contribution in [1.29, 1.82) is 0 Å². The van der Waals surface area contributed by atoms with E-state index in [0.717, 1.165) is 48.2 Å². The highest BCUT2D eigenvalue weighted by Gasteiger charge is 2.34. The van der Waals surface area contributed by atoms with Gasteiger partial charge in [0.05, 0.1) is 18.8 Å². The van der Waals surface area contributed by atoms with Gasteiger partial charge < -0.3 is 20.5 Å². The number of hydrogen-bond donors (Lipinski definition) is 3. The summed E-state index contributed by atoms with van der Waals surface area (Å²) >= 11 is 1.65. The van der Waals surface area contributed by atoms with Crippen LogP contribution in [-0.2, 0) is 11.3 Å². The molecule has 6 nitrogen and oxygen atoms in total. The number of nitrogens with one attached hydrogen (secondary N) is 2. The van der Waals surface area contributed by atoms with Crippen LogP contribution in [0.2, 0.25) is 0 Å². The van der Waals surface area contributed by atoms with Gasteiger partial charge in [0.15, 0.2) is 5.96 Å². The summed E-state index contributed by atoms with van der Waals surface area (Å²) in [5.41, 5.74) is 2.12. The van der Waals surface area contributed by atoms with Crippen LogP contribution in [0.5, 0.6) is 0 Å². The Morgan fingerprint density at radius 1 is 1.35 bits per heavy atom. The average Bonchev–Trinajstić information content (AvgIpc) is 3.33. The molecule has 3 rings (SSSR count). The van der Waals surface area contributed by atoms with Crippen LogP contribution in [0.1, 0.15) is 18.5 Å². The minimum absolute atomic E-state index is 0.00647. The molecule has 1 aromatic carbocycles. The van der Waals surface area contributed by atoms with E-state index >= 15 is 0 Å². The molecular weight excluding hydrogens is 348 g/mol. The lowest BCUT2D eigenvalue weighted by atomic mass is 9.84. The van der Waals surface area contributed by atoms with Gasteiger partial charge in [-0.3, -0.25) is 4.99 Å². The third-order valence-corrected chi connectivity index (χ3v) is 5.63. The van der Waals surface area contributed by atoms with Crippen LogP contribution in [0, 0.1) is 5.41 Å². The molecule has 1 aliphatic rings. The number of thiazole rings is 1. The maximum atomic E-state index is 9.33. The highest BCUT2D eigenvalue weighted by atomic mass is 32.1. The zero-order valence-electron chi connectivity index (χ0n) is 15.1. The topological polar surface area (TPSA) is 78.8 Å². The summed E-state index contributed by atoms with van der Waals surface area (Å²) in [6.45, 7) is 2.98. The van der Waals surface area contributed by atoms with Gasteiger partial charge in [0.1, 0.15) is 5.01 Å². The van der Waals surface area contributed by atoms with E-state index < -0.39 is 0 Å². The highest BCUT2D eigenvalue weighted by Crippen LogP contribution is 2.31. The minimum atomic E-state index is -0.00647. The van der Waals surface area contributed by atoms with Crippen LogP contribution in [-0.4, -0.2) is 49.5 Å². The van der Waals surface area contributed by atoms with Gasteiger partial charge in [-0.1, -0.05) is 30.3 Å². The number of benzene rings is 1. The van der Waals surface area contributed by atoms with Crippen molar-refractivity contribution < 1.29 is 9.84 Å². The standard InChI is InChI=1S/C19H26N4O2S/c1-20-18(22-13-19(7-9-24)8-10-25-14-19)21-11-16-12-26-17(23-16)15-5-3-2-4-6-15/h2-6,12,24H,7-11,13-14H2,1H3,(H2,20,21,22). The first kappa shape index (κ1) is 18.8. The first-order valence-corrected chi connectivity index (χ1v) is 9.76. The third kappa shape index (κ3) is 4.81. The predicted octanol–water partition coefficient (Wildman–Crippen LogP) is 2.26. The molecule has 1 aliphatic heterocycles. The van der Waals surface area contributed by atoms with Crippen molar-refractivity contribution in [2.24, 2.45) is 10.4 Å². The summed E-state index contributed by atoms with van der Waals surface area (Å²) in [5.74, 6) is 0.739. The third-order valence-electron chi connectivity index (χ3n) is 4.69. The molecule has 0 saturated carbocycles. The summed E-state index contributed by atoms with van der Waals surface area (Å²) in [7, 11) is 1.76. The Hall–Kier alpha value is -1.96. The van der Waals surface area contributed by atoms with Gasteiger partial charge in [-0.25, -0.2) is 4.98 Å². The van der Waals surface area contributed by atoms with Gasteiger partial charge in [-0.15, -0.1) is 11.3 Å². The van der Waals surface area contributed by atoms with Gasteiger partial charge in [0, 0.05) is 43.2 Å². The molecular formula is C19H26N4O2S. The molecule has 1 saturated heterocycles. The van der Waals surface area contributed by atoms with Crippen molar-refractivity contribution in [3.63, 3.8) is 0 Å². The fourth-order valence-corrected chi connectivity index (χ4v) is 3.91. The van der Waals surface area contributed by atoms with Crippen LogP contribution in [0.15, 0.2) is 40.7 Å². The normalized spacial score (nSPS) is 20.3. The number of aliphatic hydroxyl groups is 1. The van der Waals surface area contributed by atoms with Gasteiger partial charge in [-0.2, -0.15) is 0 Å². The molecule has 2 heterocycles. The summed E-state index contributed by atoms with van der Waals surface area (Å²) in [6, 6.07) is 10.2. The molecule has 2 aromatic rings. The maximum absolute atomic E-state index is 9.33. The van der Waals surface area contributed by atoms with E-state index in [0.29, 0.717) is 13.2 Å². The molecule has 3 N–H and O–H groups in total. The molecule has 0 amide bonds. The Morgan fingerprint density at radius 3 is 2.88 bits per heavy atom. The molecule has 26 heavy (non-hydrogen) atoms. The molecule has 0 aliphatic carbocycles. The Balaban J connectivity index is 1.52. The molecule has 140 valence electrons. The molecule has 1 fully saturated rings. The van der Waals surface area contributed by atoms with Crippen molar-refractivity contribution in [3.8, 4) is 10.6 Å². The summed E-state index contributed by atoms with van der Waals surface area (Å²) in [6.07, 6.45) is 1.70. The Labute approximate surface area is 158 Å². The first-order valence-electron chi connectivity index (χ1n) is 8.88. The van der Waals surface area contributed by atoms with Crippen molar-refractivity contribution >= 4 is 17.3 Å². The molecule has 0 bridgehead atoms. The van der Waals surface area contributed by atoms with Crippen LogP contribution in [0.25, 0.3) is 10.6 Å².